The van der Waals surface area contributed by atoms with Crippen LogP contribution in [0.5, 0.6) is 5.75 Å². The van der Waals surface area contributed by atoms with E-state index in [1.54, 1.807) is 31.3 Å². The number of nitrogens with zero attached hydrogens (tertiary/aromatic N) is 4. The Balaban J connectivity index is 1.44. The van der Waals surface area contributed by atoms with Crippen molar-refractivity contribution in [3.8, 4) is 11.4 Å². The number of imidazole rings is 1. The van der Waals surface area contributed by atoms with Gasteiger partial charge in [-0.2, -0.15) is 5.10 Å². The molecule has 0 atom stereocenters. The molecule has 4 rings (SSSR count). The fraction of sp³-hybridized carbons (Fsp3) is 0.286. The largest absolute Gasteiger partial charge is 0.493 e. The molecule has 0 saturated carbocycles. The fourth-order valence-corrected chi connectivity index (χ4v) is 3.90. The number of methoxy groups -OCH3 is 1. The molecule has 0 aliphatic rings. The highest BCUT2D eigenvalue weighted by Gasteiger charge is 2.10. The van der Waals surface area contributed by atoms with Crippen molar-refractivity contribution < 1.29 is 9.47 Å². The van der Waals surface area contributed by atoms with E-state index < -0.39 is 0 Å². The van der Waals surface area contributed by atoms with Crippen LogP contribution < -0.4 is 4.74 Å². The summed E-state index contributed by atoms with van der Waals surface area (Å²) in [4.78, 5) is 12.6. The SMILES string of the molecule is COCCCOc1ccnc(CSc2nc3cc(-n4cccn4)ccc3[nH]2)c1C. The van der Waals surface area contributed by atoms with Gasteiger partial charge in [0.1, 0.15) is 5.75 Å². The van der Waals surface area contributed by atoms with Crippen LogP contribution in [0.2, 0.25) is 0 Å². The van der Waals surface area contributed by atoms with Gasteiger partial charge in [0, 0.05) is 50.0 Å². The molecule has 0 fully saturated rings. The topological polar surface area (TPSA) is 77.8 Å². The predicted molar refractivity (Wildman–Crippen MR) is 114 cm³/mol. The van der Waals surface area contributed by atoms with Gasteiger partial charge >= 0.3 is 0 Å². The number of hydrogen-bond acceptors (Lipinski definition) is 6. The molecule has 0 spiro atoms. The summed E-state index contributed by atoms with van der Waals surface area (Å²) in [5, 5.41) is 5.14. The van der Waals surface area contributed by atoms with E-state index in [0.717, 1.165) is 45.3 Å². The van der Waals surface area contributed by atoms with Gasteiger partial charge < -0.3 is 14.5 Å². The summed E-state index contributed by atoms with van der Waals surface area (Å²) in [6, 6.07) is 9.90. The van der Waals surface area contributed by atoms with Gasteiger partial charge in [0.25, 0.3) is 0 Å². The number of ether oxygens (including phenoxy) is 2. The number of H-pyrrole nitrogens is 1. The maximum absolute atomic E-state index is 5.87. The minimum Gasteiger partial charge on any atom is -0.493 e. The minimum absolute atomic E-state index is 0.632. The van der Waals surface area contributed by atoms with Crippen molar-refractivity contribution >= 4 is 22.8 Å². The van der Waals surface area contributed by atoms with Crippen LogP contribution in [0.3, 0.4) is 0 Å². The van der Waals surface area contributed by atoms with Gasteiger partial charge in [0.2, 0.25) is 0 Å². The van der Waals surface area contributed by atoms with Gasteiger partial charge in [0.05, 0.1) is 29.0 Å². The molecule has 1 N–H and O–H groups in total. The quantitative estimate of drug-likeness (QED) is 0.330. The molecule has 3 heterocycles. The zero-order valence-corrected chi connectivity index (χ0v) is 17.3. The van der Waals surface area contributed by atoms with Gasteiger partial charge in [-0.15, -0.1) is 0 Å². The van der Waals surface area contributed by atoms with E-state index in [0.29, 0.717) is 19.0 Å². The molecule has 0 radical (unpaired) electrons. The summed E-state index contributed by atoms with van der Waals surface area (Å²) in [7, 11) is 1.70. The number of hydrogen-bond donors (Lipinski definition) is 1. The number of benzene rings is 1. The maximum atomic E-state index is 5.87. The van der Waals surface area contributed by atoms with Crippen molar-refractivity contribution in [3.63, 3.8) is 0 Å². The molecule has 3 aromatic heterocycles. The maximum Gasteiger partial charge on any atom is 0.166 e. The molecule has 29 heavy (non-hydrogen) atoms. The van der Waals surface area contributed by atoms with Gasteiger partial charge in [0.15, 0.2) is 5.16 Å². The van der Waals surface area contributed by atoms with Gasteiger partial charge in [-0.25, -0.2) is 9.67 Å². The van der Waals surface area contributed by atoms with Crippen molar-refractivity contribution in [1.29, 1.82) is 0 Å². The Morgan fingerprint density at radius 3 is 2.93 bits per heavy atom. The lowest BCUT2D eigenvalue weighted by Gasteiger charge is -2.11. The smallest absolute Gasteiger partial charge is 0.166 e. The monoisotopic (exact) mass is 409 g/mol. The van der Waals surface area contributed by atoms with Crippen molar-refractivity contribution in [2.45, 2.75) is 24.3 Å². The van der Waals surface area contributed by atoms with E-state index in [-0.39, 0.29) is 0 Å². The summed E-state index contributed by atoms with van der Waals surface area (Å²) in [5.41, 5.74) is 4.97. The van der Waals surface area contributed by atoms with Crippen LogP contribution in [-0.2, 0) is 10.5 Å². The van der Waals surface area contributed by atoms with Crippen LogP contribution in [0, 0.1) is 6.92 Å². The number of pyridine rings is 1. The zero-order chi connectivity index (χ0) is 20.1. The molecule has 7 nitrogen and oxygen atoms in total. The summed E-state index contributed by atoms with van der Waals surface area (Å²) in [5.74, 6) is 1.59. The average molecular weight is 410 g/mol. The van der Waals surface area contributed by atoms with E-state index in [2.05, 4.69) is 15.1 Å². The number of nitrogens with one attached hydrogen (secondary N) is 1. The lowest BCUT2D eigenvalue weighted by Crippen LogP contribution is -2.04. The molecule has 0 unspecified atom stereocenters. The zero-order valence-electron chi connectivity index (χ0n) is 16.5. The van der Waals surface area contributed by atoms with Crippen molar-refractivity contribution in [3.05, 3.63) is 60.2 Å². The van der Waals surface area contributed by atoms with Gasteiger partial charge in [-0.1, -0.05) is 11.8 Å². The van der Waals surface area contributed by atoms with E-state index >= 15 is 0 Å². The normalized spacial score (nSPS) is 11.2. The number of aromatic amines is 1. The first-order valence-corrected chi connectivity index (χ1v) is 10.4. The molecular weight excluding hydrogens is 386 g/mol. The molecule has 0 bridgehead atoms. The van der Waals surface area contributed by atoms with Gasteiger partial charge in [-0.05, 0) is 37.3 Å². The van der Waals surface area contributed by atoms with Crippen LogP contribution in [-0.4, -0.2) is 45.1 Å². The Kier molecular flexibility index (Phi) is 6.12. The molecular formula is C21H23N5O2S. The lowest BCUT2D eigenvalue weighted by molar-refractivity contribution is 0.172. The van der Waals surface area contributed by atoms with Crippen LogP contribution in [0.25, 0.3) is 16.7 Å². The fourth-order valence-electron chi connectivity index (χ4n) is 2.99. The van der Waals surface area contributed by atoms with E-state index in [4.69, 9.17) is 14.5 Å². The third kappa shape index (κ3) is 4.60. The Labute approximate surface area is 173 Å². The molecule has 4 aromatic rings. The van der Waals surface area contributed by atoms with Crippen LogP contribution in [0.4, 0.5) is 0 Å². The molecule has 1 aromatic carbocycles. The Morgan fingerprint density at radius 2 is 2.10 bits per heavy atom. The summed E-state index contributed by atoms with van der Waals surface area (Å²) >= 11 is 1.63. The average Bonchev–Trinajstić information content (AvgIpc) is 3.40. The summed E-state index contributed by atoms with van der Waals surface area (Å²) in [6.45, 7) is 3.37. The first-order chi connectivity index (χ1) is 14.2. The second-order valence-corrected chi connectivity index (χ2v) is 7.52. The Bertz CT molecular complexity index is 1080. The molecule has 0 amide bonds. The molecule has 0 saturated heterocycles. The number of thioether (sulfide) groups is 1. The second-order valence-electron chi connectivity index (χ2n) is 6.56. The third-order valence-corrected chi connectivity index (χ3v) is 5.45. The molecule has 0 aliphatic carbocycles. The van der Waals surface area contributed by atoms with Crippen LogP contribution in [0.15, 0.2) is 54.1 Å². The number of fused-ring (bicyclic) bond motifs is 1. The predicted octanol–water partition coefficient (Wildman–Crippen LogP) is 4.16. The number of rotatable bonds is 9. The van der Waals surface area contributed by atoms with E-state index in [1.807, 2.05) is 48.1 Å². The Morgan fingerprint density at radius 1 is 1.17 bits per heavy atom. The van der Waals surface area contributed by atoms with Crippen molar-refractivity contribution in [1.82, 2.24) is 24.7 Å². The van der Waals surface area contributed by atoms with E-state index in [1.165, 1.54) is 0 Å². The van der Waals surface area contributed by atoms with Crippen LogP contribution in [0.1, 0.15) is 17.7 Å². The summed E-state index contributed by atoms with van der Waals surface area (Å²) < 4.78 is 12.8. The van der Waals surface area contributed by atoms with Crippen molar-refractivity contribution in [2.75, 3.05) is 20.3 Å². The van der Waals surface area contributed by atoms with Crippen molar-refractivity contribution in [2.24, 2.45) is 0 Å². The number of aromatic nitrogens is 5. The van der Waals surface area contributed by atoms with E-state index in [9.17, 15) is 0 Å². The molecule has 0 aliphatic heterocycles. The highest BCUT2D eigenvalue weighted by molar-refractivity contribution is 7.98. The Hall–Kier alpha value is -2.84. The minimum atomic E-state index is 0.632. The molecule has 8 heteroatoms. The highest BCUT2D eigenvalue weighted by Crippen LogP contribution is 2.27. The van der Waals surface area contributed by atoms with Crippen LogP contribution >= 0.6 is 11.8 Å². The highest BCUT2D eigenvalue weighted by atomic mass is 32.2. The second kappa shape index (κ2) is 9.11. The standard InChI is InChI=1S/C21H23N5O2S/c1-15-19(22-9-7-20(15)28-12-4-11-27-2)14-29-21-24-17-6-5-16(13-18(17)25-21)26-10-3-8-23-26/h3,5-10,13H,4,11-12,14H2,1-2H3,(H,24,25). The van der Waals surface area contributed by atoms with Gasteiger partial charge in [-0.3, -0.25) is 4.98 Å². The first-order valence-electron chi connectivity index (χ1n) is 9.43. The summed E-state index contributed by atoms with van der Waals surface area (Å²) in [6.07, 6.45) is 6.34. The lowest BCUT2D eigenvalue weighted by atomic mass is 10.2. The molecule has 150 valence electrons. The third-order valence-electron chi connectivity index (χ3n) is 4.57. The first kappa shape index (κ1) is 19.5.